The van der Waals surface area contributed by atoms with E-state index in [0.717, 1.165) is 11.3 Å². The monoisotopic (exact) mass is 459 g/mol. The Morgan fingerprint density at radius 3 is 2.42 bits per heavy atom. The molecule has 3 heterocycles. The summed E-state index contributed by atoms with van der Waals surface area (Å²) in [6, 6.07) is 21.6. The van der Waals surface area contributed by atoms with Crippen LogP contribution in [-0.4, -0.2) is 19.5 Å². The molecule has 0 aliphatic heterocycles. The highest BCUT2D eigenvalue weighted by molar-refractivity contribution is 6.17. The van der Waals surface area contributed by atoms with Crippen LogP contribution < -0.4 is 5.73 Å². The molecule has 0 saturated heterocycles. The maximum atomic E-state index is 13.8. The number of halogens is 2. The Labute approximate surface area is 196 Å². The number of rotatable bonds is 4. The molecule has 166 valence electrons. The van der Waals surface area contributed by atoms with Crippen LogP contribution in [-0.2, 0) is 5.88 Å². The average Bonchev–Trinajstić information content (AvgIpc) is 3.24. The van der Waals surface area contributed by atoms with Gasteiger partial charge in [-0.2, -0.15) is 0 Å². The molecule has 5 nitrogen and oxygen atoms in total. The minimum atomic E-state index is -0.312. The van der Waals surface area contributed by atoms with Gasteiger partial charge in [0.1, 0.15) is 17.2 Å². The number of hydrogen-bond donors (Lipinski definition) is 1. The SMILES string of the molecule is CC.Nc1ncccc1-c1nc2ccc(-c3cccc(F)c3)nc2n1-c1ccc(CCl)cc1. The zero-order valence-corrected chi connectivity index (χ0v) is 19.1. The molecule has 0 fully saturated rings. The first-order valence-corrected chi connectivity index (χ1v) is 11.2. The summed E-state index contributed by atoms with van der Waals surface area (Å²) in [5.41, 5.74) is 11.4. The van der Waals surface area contributed by atoms with Gasteiger partial charge in [-0.15, -0.1) is 11.6 Å². The summed E-state index contributed by atoms with van der Waals surface area (Å²) in [7, 11) is 0. The number of alkyl halides is 1. The van der Waals surface area contributed by atoms with Crippen LogP contribution in [0, 0.1) is 5.82 Å². The minimum absolute atomic E-state index is 0.312. The molecule has 7 heteroatoms. The quantitative estimate of drug-likeness (QED) is 0.306. The molecule has 0 amide bonds. The predicted molar refractivity (Wildman–Crippen MR) is 133 cm³/mol. The number of benzene rings is 2. The average molecular weight is 460 g/mol. The van der Waals surface area contributed by atoms with Crippen molar-refractivity contribution in [3.05, 3.63) is 90.4 Å². The van der Waals surface area contributed by atoms with E-state index in [0.29, 0.717) is 45.5 Å². The van der Waals surface area contributed by atoms with Crippen molar-refractivity contribution in [1.29, 1.82) is 0 Å². The van der Waals surface area contributed by atoms with Gasteiger partial charge in [-0.3, -0.25) is 4.57 Å². The van der Waals surface area contributed by atoms with E-state index in [4.69, 9.17) is 27.3 Å². The Balaban J connectivity index is 0.00000126. The highest BCUT2D eigenvalue weighted by atomic mass is 35.5. The van der Waals surface area contributed by atoms with Crippen LogP contribution in [0.25, 0.3) is 39.5 Å². The largest absolute Gasteiger partial charge is 0.383 e. The molecule has 0 spiro atoms. The van der Waals surface area contributed by atoms with Gasteiger partial charge in [-0.25, -0.2) is 19.3 Å². The van der Waals surface area contributed by atoms with E-state index >= 15 is 0 Å². The van der Waals surface area contributed by atoms with Crippen molar-refractivity contribution in [2.75, 3.05) is 5.73 Å². The summed E-state index contributed by atoms with van der Waals surface area (Å²) in [5, 5.41) is 0. The fraction of sp³-hybridized carbons (Fsp3) is 0.115. The third-order valence-corrected chi connectivity index (χ3v) is 5.36. The highest BCUT2D eigenvalue weighted by Gasteiger charge is 2.18. The second-order valence-corrected chi connectivity index (χ2v) is 7.32. The van der Waals surface area contributed by atoms with Gasteiger partial charge in [-0.05, 0) is 54.1 Å². The van der Waals surface area contributed by atoms with Crippen LogP contribution >= 0.6 is 11.6 Å². The van der Waals surface area contributed by atoms with Crippen LogP contribution in [0.1, 0.15) is 19.4 Å². The number of pyridine rings is 2. The number of fused-ring (bicyclic) bond motifs is 1. The van der Waals surface area contributed by atoms with E-state index in [1.54, 1.807) is 12.3 Å². The normalized spacial score (nSPS) is 10.7. The maximum absolute atomic E-state index is 13.8. The van der Waals surface area contributed by atoms with Crippen LogP contribution in [0.5, 0.6) is 0 Å². The van der Waals surface area contributed by atoms with Gasteiger partial charge < -0.3 is 5.73 Å². The molecule has 33 heavy (non-hydrogen) atoms. The maximum Gasteiger partial charge on any atom is 0.165 e. The molecule has 0 bridgehead atoms. The van der Waals surface area contributed by atoms with E-state index < -0.39 is 0 Å². The molecule has 5 aromatic rings. The predicted octanol–water partition coefficient (Wildman–Crippen LogP) is 6.64. The molecule has 0 saturated carbocycles. The molecule has 0 aliphatic carbocycles. The lowest BCUT2D eigenvalue weighted by Crippen LogP contribution is -2.02. The Morgan fingerprint density at radius 2 is 1.73 bits per heavy atom. The lowest BCUT2D eigenvalue weighted by molar-refractivity contribution is 0.628. The summed E-state index contributed by atoms with van der Waals surface area (Å²) in [5.74, 6) is 1.12. The number of nitrogens with zero attached hydrogens (tertiary/aromatic N) is 4. The Bertz CT molecular complexity index is 1400. The van der Waals surface area contributed by atoms with Gasteiger partial charge in [-0.1, -0.05) is 38.1 Å². The molecule has 3 aromatic heterocycles. The first-order valence-electron chi connectivity index (χ1n) is 10.7. The molecule has 5 rings (SSSR count). The minimum Gasteiger partial charge on any atom is -0.383 e. The van der Waals surface area contributed by atoms with Crippen LogP contribution in [0.3, 0.4) is 0 Å². The Kier molecular flexibility index (Phi) is 6.66. The third-order valence-electron chi connectivity index (χ3n) is 5.05. The first kappa shape index (κ1) is 22.4. The first-order chi connectivity index (χ1) is 16.1. The third kappa shape index (κ3) is 4.43. The molecule has 0 atom stereocenters. The number of hydrogen-bond acceptors (Lipinski definition) is 4. The number of nitrogen functional groups attached to an aromatic ring is 1. The van der Waals surface area contributed by atoms with Crippen molar-refractivity contribution in [2.24, 2.45) is 0 Å². The molecular formula is C26H23ClFN5. The van der Waals surface area contributed by atoms with E-state index in [-0.39, 0.29) is 5.82 Å². The van der Waals surface area contributed by atoms with Gasteiger partial charge in [0, 0.05) is 23.3 Å². The van der Waals surface area contributed by atoms with Crippen molar-refractivity contribution >= 4 is 28.6 Å². The summed E-state index contributed by atoms with van der Waals surface area (Å²) < 4.78 is 15.7. The van der Waals surface area contributed by atoms with Crippen molar-refractivity contribution < 1.29 is 4.39 Å². The van der Waals surface area contributed by atoms with Crippen molar-refractivity contribution in [1.82, 2.24) is 19.5 Å². The number of aromatic nitrogens is 4. The van der Waals surface area contributed by atoms with E-state index in [2.05, 4.69) is 4.98 Å². The van der Waals surface area contributed by atoms with Gasteiger partial charge in [0.15, 0.2) is 11.5 Å². The van der Waals surface area contributed by atoms with Crippen molar-refractivity contribution in [3.63, 3.8) is 0 Å². The van der Waals surface area contributed by atoms with Gasteiger partial charge >= 0.3 is 0 Å². The second kappa shape index (κ2) is 9.79. The van der Waals surface area contributed by atoms with Gasteiger partial charge in [0.2, 0.25) is 0 Å². The smallest absolute Gasteiger partial charge is 0.165 e. The summed E-state index contributed by atoms with van der Waals surface area (Å²) in [4.78, 5) is 13.8. The Morgan fingerprint density at radius 1 is 0.939 bits per heavy atom. The lowest BCUT2D eigenvalue weighted by Gasteiger charge is -2.11. The zero-order valence-electron chi connectivity index (χ0n) is 18.3. The second-order valence-electron chi connectivity index (χ2n) is 7.06. The van der Waals surface area contributed by atoms with Gasteiger partial charge in [0.05, 0.1) is 11.3 Å². The standard InChI is InChI=1S/C24H17ClFN5.C2H6/c25-14-15-6-8-18(9-7-15)31-23(19-5-2-12-28-22(19)27)30-21-11-10-20(29-24(21)31)16-3-1-4-17(26)13-16;1-2/h1-13H,14H2,(H2,27,28);1-2H3. The molecular weight excluding hydrogens is 437 g/mol. The molecule has 0 radical (unpaired) electrons. The van der Waals surface area contributed by atoms with E-state index in [1.165, 1.54) is 12.1 Å². The molecule has 2 N–H and O–H groups in total. The summed E-state index contributed by atoms with van der Waals surface area (Å²) in [6.07, 6.45) is 1.64. The van der Waals surface area contributed by atoms with Gasteiger partial charge in [0.25, 0.3) is 0 Å². The number of imidazole rings is 1. The fourth-order valence-electron chi connectivity index (χ4n) is 3.53. The zero-order chi connectivity index (χ0) is 23.4. The van der Waals surface area contributed by atoms with Crippen LogP contribution in [0.15, 0.2) is 79.0 Å². The number of anilines is 1. The van der Waals surface area contributed by atoms with Crippen LogP contribution in [0.2, 0.25) is 0 Å². The molecule has 2 aromatic carbocycles. The van der Waals surface area contributed by atoms with Crippen molar-refractivity contribution in [3.8, 4) is 28.3 Å². The topological polar surface area (TPSA) is 69.6 Å². The highest BCUT2D eigenvalue weighted by Crippen LogP contribution is 2.31. The van der Waals surface area contributed by atoms with E-state index in [9.17, 15) is 4.39 Å². The Hall–Kier alpha value is -3.77. The summed E-state index contributed by atoms with van der Waals surface area (Å²) >= 11 is 5.96. The molecule has 0 aliphatic rings. The molecule has 0 unspecified atom stereocenters. The lowest BCUT2D eigenvalue weighted by atomic mass is 10.1. The number of nitrogens with two attached hydrogens (primary N) is 1. The van der Waals surface area contributed by atoms with Crippen LogP contribution in [0.4, 0.5) is 10.2 Å². The van der Waals surface area contributed by atoms with Crippen molar-refractivity contribution in [2.45, 2.75) is 19.7 Å². The summed E-state index contributed by atoms with van der Waals surface area (Å²) in [6.45, 7) is 4.00. The fourth-order valence-corrected chi connectivity index (χ4v) is 3.71. The van der Waals surface area contributed by atoms with E-state index in [1.807, 2.05) is 73.0 Å².